The molecule has 0 aliphatic rings. The molecule has 1 atom stereocenters. The summed E-state index contributed by atoms with van der Waals surface area (Å²) in [6.45, 7) is -0.537. The normalized spacial score (nSPS) is 11.8. The van der Waals surface area contributed by atoms with E-state index in [0.29, 0.717) is 22.2 Å². The molecule has 0 saturated carbocycles. The van der Waals surface area contributed by atoms with Crippen molar-refractivity contribution in [2.24, 2.45) is 0 Å². The van der Waals surface area contributed by atoms with E-state index in [1.165, 1.54) is 48.5 Å². The van der Waals surface area contributed by atoms with Crippen molar-refractivity contribution in [3.63, 3.8) is 0 Å². The van der Waals surface area contributed by atoms with Crippen LogP contribution in [0.4, 0.5) is 14.5 Å². The van der Waals surface area contributed by atoms with Gasteiger partial charge in [0.2, 0.25) is 11.7 Å². The second-order valence-corrected chi connectivity index (χ2v) is 8.74. The van der Waals surface area contributed by atoms with E-state index in [2.05, 4.69) is 15.3 Å². The van der Waals surface area contributed by atoms with Crippen LogP contribution in [0.2, 0.25) is 0 Å². The Labute approximate surface area is 219 Å². The van der Waals surface area contributed by atoms with Crippen LogP contribution < -0.4 is 16.6 Å². The lowest BCUT2D eigenvalue weighted by molar-refractivity contribution is -0.122. The fourth-order valence-corrected chi connectivity index (χ4v) is 4.06. The number of nitrogens with two attached hydrogens (primary N) is 1. The Balaban J connectivity index is 1.45. The van der Waals surface area contributed by atoms with E-state index in [1.807, 2.05) is 0 Å². The number of amides is 1. The number of fused-ring (bicyclic) bond motifs is 1. The van der Waals surface area contributed by atoms with Gasteiger partial charge in [-0.3, -0.25) is 19.0 Å². The van der Waals surface area contributed by atoms with Gasteiger partial charge in [-0.15, -0.1) is 0 Å². The largest absolute Gasteiger partial charge is 0.434 e. The van der Waals surface area contributed by atoms with Crippen LogP contribution >= 0.6 is 0 Å². The van der Waals surface area contributed by atoms with E-state index < -0.39 is 41.5 Å². The summed E-state index contributed by atoms with van der Waals surface area (Å²) in [5, 5.41) is 2.64. The smallest absolute Gasteiger partial charge is 0.277 e. The zero-order chi connectivity index (χ0) is 27.5. The van der Waals surface area contributed by atoms with E-state index in [-0.39, 0.29) is 23.8 Å². The average molecular weight is 530 g/mol. The van der Waals surface area contributed by atoms with Gasteiger partial charge in [0.1, 0.15) is 41.2 Å². The molecule has 0 fully saturated rings. The van der Waals surface area contributed by atoms with Crippen molar-refractivity contribution in [2.45, 2.75) is 19.0 Å². The number of nitrogens with one attached hydrogen (secondary N) is 1. The van der Waals surface area contributed by atoms with Crippen molar-refractivity contribution < 1.29 is 22.8 Å². The Bertz CT molecular complexity index is 1700. The zero-order valence-corrected chi connectivity index (χ0v) is 20.3. The van der Waals surface area contributed by atoms with Gasteiger partial charge in [-0.1, -0.05) is 24.3 Å². The number of hydrogen-bond donors (Lipinski definition) is 2. The van der Waals surface area contributed by atoms with E-state index in [4.69, 9.17) is 10.2 Å². The molecule has 0 saturated heterocycles. The molecule has 11 heteroatoms. The number of carbonyl (C=O) groups excluding carboxylic acids is 2. The number of hydrogen-bond acceptors (Lipinski definition) is 7. The highest BCUT2D eigenvalue weighted by atomic mass is 19.1. The summed E-state index contributed by atoms with van der Waals surface area (Å²) in [6, 6.07) is 16.3. The quantitative estimate of drug-likeness (QED) is 0.294. The first-order chi connectivity index (χ1) is 18.8. The third-order valence-electron chi connectivity index (χ3n) is 5.99. The number of rotatable bonds is 8. The maximum Gasteiger partial charge on any atom is 0.277 e. The molecule has 2 heterocycles. The van der Waals surface area contributed by atoms with Gasteiger partial charge in [-0.25, -0.2) is 18.7 Å². The van der Waals surface area contributed by atoms with Crippen LogP contribution in [0.3, 0.4) is 0 Å². The van der Waals surface area contributed by atoms with Gasteiger partial charge in [-0.05, 0) is 54.1 Å². The lowest BCUT2D eigenvalue weighted by atomic mass is 10.0. The van der Waals surface area contributed by atoms with Crippen molar-refractivity contribution in [1.29, 1.82) is 0 Å². The first-order valence-electron chi connectivity index (χ1n) is 11.8. The summed E-state index contributed by atoms with van der Waals surface area (Å²) >= 11 is 0. The minimum atomic E-state index is -1.16. The van der Waals surface area contributed by atoms with Gasteiger partial charge < -0.3 is 15.5 Å². The number of anilines is 1. The number of ketones is 1. The second kappa shape index (κ2) is 10.7. The minimum Gasteiger partial charge on any atom is -0.434 e. The van der Waals surface area contributed by atoms with Crippen molar-refractivity contribution in [3.05, 3.63) is 112 Å². The predicted octanol–water partition coefficient (Wildman–Crippen LogP) is 3.52. The molecule has 1 unspecified atom stereocenters. The first kappa shape index (κ1) is 25.5. The van der Waals surface area contributed by atoms with Crippen LogP contribution in [-0.2, 0) is 17.8 Å². The minimum absolute atomic E-state index is 0.00151. The second-order valence-electron chi connectivity index (χ2n) is 8.74. The Morgan fingerprint density at radius 1 is 0.974 bits per heavy atom. The molecule has 0 aliphatic heterocycles. The van der Waals surface area contributed by atoms with Crippen molar-refractivity contribution in [1.82, 2.24) is 19.9 Å². The first-order valence-corrected chi connectivity index (χ1v) is 11.8. The molecule has 5 rings (SSSR count). The fraction of sp³-hybridized carbons (Fsp3) is 0.107. The maximum atomic E-state index is 13.5. The average Bonchev–Trinajstić information content (AvgIpc) is 3.37. The number of benzene rings is 3. The maximum absolute atomic E-state index is 13.5. The number of aromatic nitrogens is 3. The topological polar surface area (TPSA) is 133 Å². The highest BCUT2D eigenvalue weighted by molar-refractivity contribution is 6.00. The highest BCUT2D eigenvalue weighted by Crippen LogP contribution is 2.19. The number of nitrogens with zero attached hydrogens (tertiary/aromatic N) is 3. The van der Waals surface area contributed by atoms with Crippen LogP contribution in [0.1, 0.15) is 16.2 Å². The molecule has 39 heavy (non-hydrogen) atoms. The molecular formula is C28H21F2N5O4. The summed E-state index contributed by atoms with van der Waals surface area (Å²) in [7, 11) is 0. The van der Waals surface area contributed by atoms with Gasteiger partial charge in [0.05, 0.1) is 6.20 Å². The Morgan fingerprint density at radius 2 is 1.64 bits per heavy atom. The van der Waals surface area contributed by atoms with E-state index in [1.54, 1.807) is 24.3 Å². The molecular weight excluding hydrogens is 508 g/mol. The third kappa shape index (κ3) is 5.57. The SMILES string of the molecule is Nc1cnc(-c2ccc(F)cc2)n(CC(=O)NC(Cc2ccc(F)cc2)C(=O)c2nc3ccccc3o2)c1=O. The summed E-state index contributed by atoms with van der Waals surface area (Å²) < 4.78 is 33.5. The van der Waals surface area contributed by atoms with Crippen molar-refractivity contribution in [3.8, 4) is 11.4 Å². The van der Waals surface area contributed by atoms with Gasteiger partial charge in [0, 0.05) is 12.0 Å². The number of nitrogen functional groups attached to an aromatic ring is 1. The summed E-state index contributed by atoms with van der Waals surface area (Å²) in [5.74, 6) is -2.37. The molecule has 196 valence electrons. The van der Waals surface area contributed by atoms with Gasteiger partial charge in [0.25, 0.3) is 11.4 Å². The molecule has 5 aromatic rings. The Morgan fingerprint density at radius 3 is 2.33 bits per heavy atom. The van der Waals surface area contributed by atoms with Crippen LogP contribution in [0.5, 0.6) is 0 Å². The predicted molar refractivity (Wildman–Crippen MR) is 139 cm³/mol. The van der Waals surface area contributed by atoms with Gasteiger partial charge >= 0.3 is 0 Å². The lowest BCUT2D eigenvalue weighted by Gasteiger charge is -2.18. The highest BCUT2D eigenvalue weighted by Gasteiger charge is 2.28. The lowest BCUT2D eigenvalue weighted by Crippen LogP contribution is -2.45. The molecule has 0 bridgehead atoms. The van der Waals surface area contributed by atoms with Crippen LogP contribution in [-0.4, -0.2) is 32.3 Å². The van der Waals surface area contributed by atoms with Crippen molar-refractivity contribution in [2.75, 3.05) is 5.73 Å². The molecule has 9 nitrogen and oxygen atoms in total. The van der Waals surface area contributed by atoms with Crippen LogP contribution in [0, 0.1) is 11.6 Å². The molecule has 1 amide bonds. The van der Waals surface area contributed by atoms with Gasteiger partial charge in [-0.2, -0.15) is 0 Å². The van der Waals surface area contributed by atoms with E-state index in [9.17, 15) is 23.2 Å². The van der Waals surface area contributed by atoms with Crippen LogP contribution in [0.25, 0.3) is 22.5 Å². The number of para-hydroxylation sites is 2. The van der Waals surface area contributed by atoms with Crippen LogP contribution in [0.15, 0.2) is 88.2 Å². The molecule has 0 radical (unpaired) electrons. The monoisotopic (exact) mass is 529 g/mol. The molecule has 0 aliphatic carbocycles. The third-order valence-corrected chi connectivity index (χ3v) is 5.99. The Kier molecular flexibility index (Phi) is 6.96. The number of halogens is 2. The zero-order valence-electron chi connectivity index (χ0n) is 20.3. The molecule has 3 N–H and O–H groups in total. The summed E-state index contributed by atoms with van der Waals surface area (Å²) in [4.78, 5) is 47.9. The summed E-state index contributed by atoms with van der Waals surface area (Å²) in [6.07, 6.45) is 1.15. The van der Waals surface area contributed by atoms with E-state index in [0.717, 1.165) is 10.8 Å². The van der Waals surface area contributed by atoms with Crippen molar-refractivity contribution >= 4 is 28.5 Å². The number of oxazole rings is 1. The van der Waals surface area contributed by atoms with E-state index >= 15 is 0 Å². The molecule has 3 aromatic carbocycles. The molecule has 0 spiro atoms. The standard InChI is InChI=1S/C28H21F2N5O4/c29-18-9-5-16(6-10-18)13-22(25(37)27-34-21-3-1-2-4-23(21)39-27)33-24(36)15-35-26(32-14-20(31)28(35)38)17-7-11-19(30)12-8-17/h1-12,14,22H,13,15,31H2,(H,33,36). The summed E-state index contributed by atoms with van der Waals surface area (Å²) in [5.41, 5.74) is 6.69. The Hall–Kier alpha value is -5.19. The van der Waals surface area contributed by atoms with Gasteiger partial charge in [0.15, 0.2) is 5.58 Å². The molecule has 2 aromatic heterocycles. The fourth-order valence-electron chi connectivity index (χ4n) is 4.06. The number of carbonyl (C=O) groups is 2. The number of Topliss-reactive ketones (excluding diaryl/α,β-unsaturated/α-hetero) is 1.